The first kappa shape index (κ1) is 12.8. The Bertz CT molecular complexity index is 414. The average Bonchev–Trinajstić information content (AvgIpc) is 2.13. The predicted molar refractivity (Wildman–Crippen MR) is 65.2 cm³/mol. The summed E-state index contributed by atoms with van der Waals surface area (Å²) < 4.78 is 22.8. The second-order valence-corrected chi connectivity index (χ2v) is 7.67. The van der Waals surface area contributed by atoms with E-state index < -0.39 is 9.84 Å². The van der Waals surface area contributed by atoms with Crippen molar-refractivity contribution in [2.24, 2.45) is 5.73 Å². The van der Waals surface area contributed by atoms with Crippen LogP contribution in [0.4, 0.5) is 0 Å². The molecule has 0 aromatic carbocycles. The van der Waals surface area contributed by atoms with E-state index in [1.807, 2.05) is 0 Å². The Morgan fingerprint density at radius 3 is 2.59 bits per heavy atom. The van der Waals surface area contributed by atoms with E-state index in [0.29, 0.717) is 13.0 Å². The molecule has 5 nitrogen and oxygen atoms in total. The highest BCUT2D eigenvalue weighted by Gasteiger charge is 2.38. The summed E-state index contributed by atoms with van der Waals surface area (Å²) in [6.07, 6.45) is 3.25. The summed E-state index contributed by atoms with van der Waals surface area (Å²) in [5.41, 5.74) is 5.72. The molecule has 1 aliphatic heterocycles. The Kier molecular flexibility index (Phi) is 3.20. The van der Waals surface area contributed by atoms with Crippen LogP contribution in [0.1, 0.15) is 32.6 Å². The van der Waals surface area contributed by atoms with Crippen molar-refractivity contribution in [2.45, 2.75) is 44.2 Å². The minimum Gasteiger partial charge on any atom is -0.338 e. The fourth-order valence-electron chi connectivity index (χ4n) is 2.58. The summed E-state index contributed by atoms with van der Waals surface area (Å²) in [5, 5.41) is 0. The molecular formula is C11H20N2O3S. The lowest BCUT2D eigenvalue weighted by Gasteiger charge is -2.41. The van der Waals surface area contributed by atoms with E-state index in [4.69, 9.17) is 5.73 Å². The lowest BCUT2D eigenvalue weighted by molar-refractivity contribution is -0.134. The van der Waals surface area contributed by atoms with Gasteiger partial charge >= 0.3 is 0 Å². The van der Waals surface area contributed by atoms with E-state index in [9.17, 15) is 13.2 Å². The molecule has 2 aliphatic rings. The molecule has 98 valence electrons. The summed E-state index contributed by atoms with van der Waals surface area (Å²) >= 11 is 0. The largest absolute Gasteiger partial charge is 0.338 e. The molecule has 1 atom stereocenters. The molecule has 2 fully saturated rings. The Morgan fingerprint density at radius 1 is 1.47 bits per heavy atom. The summed E-state index contributed by atoms with van der Waals surface area (Å²) in [6, 6.07) is -0.218. The van der Waals surface area contributed by atoms with Crippen molar-refractivity contribution in [3.05, 3.63) is 0 Å². The van der Waals surface area contributed by atoms with Crippen LogP contribution < -0.4 is 5.73 Å². The van der Waals surface area contributed by atoms with Gasteiger partial charge in [-0.25, -0.2) is 8.42 Å². The maximum absolute atomic E-state index is 12.1. The molecule has 0 spiro atoms. The highest BCUT2D eigenvalue weighted by molar-refractivity contribution is 7.91. The number of hydrogen-bond donors (Lipinski definition) is 1. The van der Waals surface area contributed by atoms with Crippen molar-refractivity contribution in [2.75, 3.05) is 18.1 Å². The average molecular weight is 260 g/mol. The van der Waals surface area contributed by atoms with E-state index >= 15 is 0 Å². The number of carbonyl (C=O) groups excluding carboxylic acids is 1. The molecule has 2 N–H and O–H groups in total. The van der Waals surface area contributed by atoms with Crippen LogP contribution in [0.2, 0.25) is 0 Å². The van der Waals surface area contributed by atoms with Gasteiger partial charge in [0.2, 0.25) is 5.91 Å². The quantitative estimate of drug-likeness (QED) is 0.752. The summed E-state index contributed by atoms with van der Waals surface area (Å²) in [5.74, 6) is 0.173. The zero-order chi connectivity index (χ0) is 12.7. The van der Waals surface area contributed by atoms with Gasteiger partial charge in [0.05, 0.1) is 11.5 Å². The first-order chi connectivity index (χ1) is 7.81. The molecule has 6 heteroatoms. The number of sulfone groups is 1. The topological polar surface area (TPSA) is 80.5 Å². The van der Waals surface area contributed by atoms with Gasteiger partial charge in [0, 0.05) is 24.5 Å². The second-order valence-electron chi connectivity index (χ2n) is 5.44. The van der Waals surface area contributed by atoms with Crippen LogP contribution in [-0.2, 0) is 14.6 Å². The van der Waals surface area contributed by atoms with E-state index in [-0.39, 0.29) is 29.0 Å². The predicted octanol–water partition coefficient (Wildman–Crippen LogP) is -0.0966. The van der Waals surface area contributed by atoms with Gasteiger partial charge in [-0.05, 0) is 26.2 Å². The zero-order valence-electron chi connectivity index (χ0n) is 10.2. The molecule has 0 aromatic rings. The van der Waals surface area contributed by atoms with Gasteiger partial charge in [-0.2, -0.15) is 0 Å². The molecular weight excluding hydrogens is 240 g/mol. The Labute approximate surface area is 102 Å². The van der Waals surface area contributed by atoms with E-state index in [1.54, 1.807) is 11.8 Å². The van der Waals surface area contributed by atoms with E-state index in [2.05, 4.69) is 0 Å². The number of nitrogens with zero attached hydrogens (tertiary/aromatic N) is 1. The number of rotatable bonds is 2. The summed E-state index contributed by atoms with van der Waals surface area (Å²) in [4.78, 5) is 13.8. The molecule has 1 unspecified atom stereocenters. The third kappa shape index (κ3) is 2.80. The normalized spacial score (nSPS) is 30.7. The SMILES string of the molecule is CC1CS(=O)(=O)CCN1C(=O)CC1(N)CCC1. The lowest BCUT2D eigenvalue weighted by Crippen LogP contribution is -2.55. The number of nitrogens with two attached hydrogens (primary N) is 1. The maximum atomic E-state index is 12.1. The third-order valence-electron chi connectivity index (χ3n) is 3.84. The molecule has 0 aromatic heterocycles. The molecule has 1 heterocycles. The third-order valence-corrected chi connectivity index (χ3v) is 5.64. The minimum atomic E-state index is -2.96. The van der Waals surface area contributed by atoms with Gasteiger partial charge < -0.3 is 10.6 Å². The van der Waals surface area contributed by atoms with Gasteiger partial charge in [-0.15, -0.1) is 0 Å². The van der Waals surface area contributed by atoms with Gasteiger partial charge in [0.15, 0.2) is 9.84 Å². The first-order valence-corrected chi connectivity index (χ1v) is 7.92. The minimum absolute atomic E-state index is 0.00889. The van der Waals surface area contributed by atoms with Crippen molar-refractivity contribution in [3.63, 3.8) is 0 Å². The van der Waals surface area contributed by atoms with Gasteiger partial charge in [-0.3, -0.25) is 4.79 Å². The monoisotopic (exact) mass is 260 g/mol. The number of amides is 1. The van der Waals surface area contributed by atoms with Crippen molar-refractivity contribution in [1.82, 2.24) is 4.90 Å². The van der Waals surface area contributed by atoms with Crippen LogP contribution in [0.15, 0.2) is 0 Å². The smallest absolute Gasteiger partial charge is 0.224 e. The molecule has 0 bridgehead atoms. The molecule has 1 saturated heterocycles. The van der Waals surface area contributed by atoms with Gasteiger partial charge in [0.25, 0.3) is 0 Å². The van der Waals surface area contributed by atoms with Gasteiger partial charge in [0.1, 0.15) is 0 Å². The van der Waals surface area contributed by atoms with Crippen molar-refractivity contribution in [1.29, 1.82) is 0 Å². The molecule has 0 radical (unpaired) electrons. The van der Waals surface area contributed by atoms with Crippen LogP contribution in [-0.4, -0.2) is 48.9 Å². The fraction of sp³-hybridized carbons (Fsp3) is 0.909. The highest BCUT2D eigenvalue weighted by atomic mass is 32.2. The second kappa shape index (κ2) is 4.24. The number of hydrogen-bond acceptors (Lipinski definition) is 4. The molecule has 17 heavy (non-hydrogen) atoms. The van der Waals surface area contributed by atoms with Crippen LogP contribution in [0.25, 0.3) is 0 Å². The van der Waals surface area contributed by atoms with Crippen LogP contribution >= 0.6 is 0 Å². The maximum Gasteiger partial charge on any atom is 0.224 e. The standard InChI is InChI=1S/C11H20N2O3S/c1-9-8-17(15,16)6-5-13(9)10(14)7-11(12)3-2-4-11/h9H,2-8,12H2,1H3. The van der Waals surface area contributed by atoms with Gasteiger partial charge in [-0.1, -0.05) is 0 Å². The van der Waals surface area contributed by atoms with Crippen molar-refractivity contribution in [3.8, 4) is 0 Å². The molecule has 1 aliphatic carbocycles. The number of carbonyl (C=O) groups is 1. The molecule has 1 saturated carbocycles. The first-order valence-electron chi connectivity index (χ1n) is 6.10. The summed E-state index contributed by atoms with van der Waals surface area (Å²) in [7, 11) is -2.96. The van der Waals surface area contributed by atoms with E-state index in [0.717, 1.165) is 19.3 Å². The molecule has 1 amide bonds. The summed E-state index contributed by atoms with van der Waals surface area (Å²) in [6.45, 7) is 2.11. The van der Waals surface area contributed by atoms with Crippen LogP contribution in [0, 0.1) is 0 Å². The fourth-order valence-corrected chi connectivity index (χ4v) is 4.14. The Morgan fingerprint density at radius 2 is 2.12 bits per heavy atom. The Hall–Kier alpha value is -0.620. The zero-order valence-corrected chi connectivity index (χ0v) is 11.0. The van der Waals surface area contributed by atoms with Crippen molar-refractivity contribution >= 4 is 15.7 Å². The lowest BCUT2D eigenvalue weighted by atomic mass is 9.75. The van der Waals surface area contributed by atoms with Crippen molar-refractivity contribution < 1.29 is 13.2 Å². The molecule has 2 rings (SSSR count). The van der Waals surface area contributed by atoms with Crippen LogP contribution in [0.3, 0.4) is 0 Å². The van der Waals surface area contributed by atoms with Crippen LogP contribution in [0.5, 0.6) is 0 Å². The van der Waals surface area contributed by atoms with E-state index in [1.165, 1.54) is 0 Å². The highest BCUT2D eigenvalue weighted by Crippen LogP contribution is 2.33. The Balaban J connectivity index is 1.96.